The normalized spacial score (nSPS) is 20.6. The Bertz CT molecular complexity index is 489. The lowest BCUT2D eigenvalue weighted by atomic mass is 10.0. The molecule has 0 amide bonds. The first-order chi connectivity index (χ1) is 9.60. The standard InChI is InChI=1S/C18H31N3/c1-12-14(9-8-10-19-17(3,4)5)13(2)21-16(20-12)15-11-18(15,6)7/h15,19H,8-11H2,1-7H3. The van der Waals surface area contributed by atoms with Crippen molar-refractivity contribution in [2.45, 2.75) is 79.2 Å². The predicted octanol–water partition coefficient (Wildman–Crippen LogP) is 3.93. The molecule has 1 aliphatic rings. The summed E-state index contributed by atoms with van der Waals surface area (Å²) in [6, 6.07) is 0. The molecule has 1 aliphatic carbocycles. The van der Waals surface area contributed by atoms with E-state index in [1.54, 1.807) is 0 Å². The van der Waals surface area contributed by atoms with Crippen LogP contribution in [0.1, 0.15) is 76.2 Å². The number of nitrogens with one attached hydrogen (secondary N) is 1. The largest absolute Gasteiger partial charge is 0.312 e. The van der Waals surface area contributed by atoms with E-state index in [9.17, 15) is 0 Å². The van der Waals surface area contributed by atoms with E-state index in [2.05, 4.69) is 53.8 Å². The molecule has 3 heteroatoms. The van der Waals surface area contributed by atoms with E-state index in [0.717, 1.165) is 25.2 Å². The van der Waals surface area contributed by atoms with Gasteiger partial charge in [-0.25, -0.2) is 9.97 Å². The van der Waals surface area contributed by atoms with Gasteiger partial charge in [-0.05, 0) is 71.4 Å². The second-order valence-corrected chi connectivity index (χ2v) is 8.26. The van der Waals surface area contributed by atoms with Crippen molar-refractivity contribution in [3.8, 4) is 0 Å². The number of nitrogens with zero attached hydrogens (tertiary/aromatic N) is 2. The van der Waals surface area contributed by atoms with Crippen molar-refractivity contribution >= 4 is 0 Å². The summed E-state index contributed by atoms with van der Waals surface area (Å²) in [4.78, 5) is 9.58. The summed E-state index contributed by atoms with van der Waals surface area (Å²) in [7, 11) is 0. The SMILES string of the molecule is Cc1nc(C2CC2(C)C)nc(C)c1CCCNC(C)(C)C. The van der Waals surface area contributed by atoms with Crippen molar-refractivity contribution in [3.05, 3.63) is 22.8 Å². The number of aromatic nitrogens is 2. The van der Waals surface area contributed by atoms with Gasteiger partial charge in [-0.3, -0.25) is 0 Å². The highest BCUT2D eigenvalue weighted by atomic mass is 14.9. The van der Waals surface area contributed by atoms with Crippen molar-refractivity contribution in [1.29, 1.82) is 0 Å². The van der Waals surface area contributed by atoms with Crippen molar-refractivity contribution in [2.75, 3.05) is 6.54 Å². The van der Waals surface area contributed by atoms with Gasteiger partial charge in [0.25, 0.3) is 0 Å². The zero-order valence-corrected chi connectivity index (χ0v) is 14.8. The van der Waals surface area contributed by atoms with Gasteiger partial charge in [0.15, 0.2) is 0 Å². The minimum absolute atomic E-state index is 0.196. The quantitative estimate of drug-likeness (QED) is 0.835. The summed E-state index contributed by atoms with van der Waals surface area (Å²) >= 11 is 0. The molecule has 21 heavy (non-hydrogen) atoms. The minimum atomic E-state index is 0.196. The average Bonchev–Trinajstić information content (AvgIpc) is 2.95. The van der Waals surface area contributed by atoms with Crippen molar-refractivity contribution in [3.63, 3.8) is 0 Å². The highest BCUT2D eigenvalue weighted by Crippen LogP contribution is 2.57. The fourth-order valence-corrected chi connectivity index (χ4v) is 2.92. The molecule has 1 aromatic rings. The molecule has 1 unspecified atom stereocenters. The lowest BCUT2D eigenvalue weighted by Gasteiger charge is -2.20. The number of hydrogen-bond acceptors (Lipinski definition) is 3. The van der Waals surface area contributed by atoms with E-state index < -0.39 is 0 Å². The zero-order valence-electron chi connectivity index (χ0n) is 14.8. The number of aryl methyl sites for hydroxylation is 2. The average molecular weight is 289 g/mol. The molecular formula is C18H31N3. The molecule has 1 fully saturated rings. The number of hydrogen-bond donors (Lipinski definition) is 1. The summed E-state index contributed by atoms with van der Waals surface area (Å²) in [6.07, 6.45) is 3.42. The van der Waals surface area contributed by atoms with E-state index >= 15 is 0 Å². The molecule has 0 spiro atoms. The topological polar surface area (TPSA) is 37.8 Å². The first-order valence-electron chi connectivity index (χ1n) is 8.19. The smallest absolute Gasteiger partial charge is 0.132 e. The van der Waals surface area contributed by atoms with Crippen LogP contribution >= 0.6 is 0 Å². The van der Waals surface area contributed by atoms with Gasteiger partial charge in [-0.1, -0.05) is 13.8 Å². The zero-order chi connectivity index (χ0) is 15.8. The maximum atomic E-state index is 4.79. The van der Waals surface area contributed by atoms with Gasteiger partial charge in [-0.15, -0.1) is 0 Å². The van der Waals surface area contributed by atoms with E-state index in [4.69, 9.17) is 9.97 Å². The first kappa shape index (κ1) is 16.4. The fraction of sp³-hybridized carbons (Fsp3) is 0.778. The van der Waals surface area contributed by atoms with Gasteiger partial charge < -0.3 is 5.32 Å². The fourth-order valence-electron chi connectivity index (χ4n) is 2.92. The third-order valence-corrected chi connectivity index (χ3v) is 4.52. The monoisotopic (exact) mass is 289 g/mol. The molecule has 1 saturated carbocycles. The van der Waals surface area contributed by atoms with E-state index in [0.29, 0.717) is 11.3 Å². The van der Waals surface area contributed by atoms with Crippen LogP contribution in [-0.2, 0) is 6.42 Å². The second kappa shape index (κ2) is 5.68. The molecule has 3 nitrogen and oxygen atoms in total. The number of rotatable bonds is 5. The van der Waals surface area contributed by atoms with Crippen molar-refractivity contribution in [2.24, 2.45) is 5.41 Å². The summed E-state index contributed by atoms with van der Waals surface area (Å²) in [5.41, 5.74) is 4.29. The van der Waals surface area contributed by atoms with Crippen LogP contribution in [0, 0.1) is 19.3 Å². The molecule has 0 radical (unpaired) electrons. The van der Waals surface area contributed by atoms with E-state index in [-0.39, 0.29) is 5.54 Å². The van der Waals surface area contributed by atoms with Gasteiger partial charge in [0.2, 0.25) is 0 Å². The van der Waals surface area contributed by atoms with E-state index in [1.165, 1.54) is 23.4 Å². The van der Waals surface area contributed by atoms with Crippen LogP contribution in [0.2, 0.25) is 0 Å². The molecule has 1 atom stereocenters. The summed E-state index contributed by atoms with van der Waals surface area (Å²) in [5.74, 6) is 1.62. The molecule has 0 aliphatic heterocycles. The Labute approximate surface area is 130 Å². The molecule has 1 aromatic heterocycles. The molecule has 1 heterocycles. The second-order valence-electron chi connectivity index (χ2n) is 8.26. The molecule has 2 rings (SSSR count). The Hall–Kier alpha value is -0.960. The lowest BCUT2D eigenvalue weighted by Crippen LogP contribution is -2.36. The van der Waals surface area contributed by atoms with Gasteiger partial charge in [0.1, 0.15) is 5.82 Å². The Kier molecular flexibility index (Phi) is 4.44. The Balaban J connectivity index is 1.98. The van der Waals surface area contributed by atoms with Gasteiger partial charge in [0, 0.05) is 22.8 Å². The Morgan fingerprint density at radius 1 is 1.14 bits per heavy atom. The van der Waals surface area contributed by atoms with Crippen LogP contribution in [0.25, 0.3) is 0 Å². The lowest BCUT2D eigenvalue weighted by molar-refractivity contribution is 0.422. The van der Waals surface area contributed by atoms with Crippen LogP contribution in [0.15, 0.2) is 0 Å². The molecule has 0 bridgehead atoms. The third-order valence-electron chi connectivity index (χ3n) is 4.52. The van der Waals surface area contributed by atoms with Gasteiger partial charge in [-0.2, -0.15) is 0 Å². The molecule has 118 valence electrons. The highest BCUT2D eigenvalue weighted by Gasteiger charge is 2.48. The molecular weight excluding hydrogens is 258 g/mol. The summed E-state index contributed by atoms with van der Waals surface area (Å²) < 4.78 is 0. The summed E-state index contributed by atoms with van der Waals surface area (Å²) in [5, 5.41) is 3.54. The Morgan fingerprint density at radius 3 is 2.10 bits per heavy atom. The highest BCUT2D eigenvalue weighted by molar-refractivity contribution is 5.27. The Morgan fingerprint density at radius 2 is 1.67 bits per heavy atom. The molecule has 0 saturated heterocycles. The van der Waals surface area contributed by atoms with E-state index in [1.807, 2.05) is 0 Å². The first-order valence-corrected chi connectivity index (χ1v) is 8.19. The van der Waals surface area contributed by atoms with Crippen LogP contribution in [0.4, 0.5) is 0 Å². The third kappa shape index (κ3) is 4.26. The molecule has 0 aromatic carbocycles. The predicted molar refractivity (Wildman–Crippen MR) is 88.7 cm³/mol. The van der Waals surface area contributed by atoms with Crippen LogP contribution in [0.5, 0.6) is 0 Å². The summed E-state index contributed by atoms with van der Waals surface area (Å²) in [6.45, 7) is 16.5. The maximum absolute atomic E-state index is 4.79. The van der Waals surface area contributed by atoms with Crippen LogP contribution < -0.4 is 5.32 Å². The maximum Gasteiger partial charge on any atom is 0.132 e. The molecule has 1 N–H and O–H groups in total. The van der Waals surface area contributed by atoms with Crippen molar-refractivity contribution in [1.82, 2.24) is 15.3 Å². The van der Waals surface area contributed by atoms with Crippen LogP contribution in [-0.4, -0.2) is 22.1 Å². The van der Waals surface area contributed by atoms with Crippen molar-refractivity contribution < 1.29 is 0 Å². The van der Waals surface area contributed by atoms with Gasteiger partial charge >= 0.3 is 0 Å². The minimum Gasteiger partial charge on any atom is -0.312 e. The van der Waals surface area contributed by atoms with Gasteiger partial charge in [0.05, 0.1) is 0 Å². The van der Waals surface area contributed by atoms with Crippen LogP contribution in [0.3, 0.4) is 0 Å².